The molecule has 4 rings (SSSR count). The summed E-state index contributed by atoms with van der Waals surface area (Å²) >= 11 is 0. The van der Waals surface area contributed by atoms with Crippen molar-refractivity contribution in [3.05, 3.63) is 83.8 Å². The summed E-state index contributed by atoms with van der Waals surface area (Å²) in [7, 11) is 0. The maximum absolute atomic E-state index is 14.5. The molecule has 5 heteroatoms. The van der Waals surface area contributed by atoms with E-state index in [1.807, 2.05) is 43.3 Å². The second kappa shape index (κ2) is 6.52. The van der Waals surface area contributed by atoms with Crippen LogP contribution in [0.1, 0.15) is 11.1 Å². The van der Waals surface area contributed by atoms with Gasteiger partial charge in [0.05, 0.1) is 22.8 Å². The second-order valence-corrected chi connectivity index (χ2v) is 6.16. The molecule has 26 heavy (non-hydrogen) atoms. The lowest BCUT2D eigenvalue weighted by atomic mass is 10.1. The molecule has 0 bridgehead atoms. The molecule has 4 aromatic rings. The van der Waals surface area contributed by atoms with Crippen LogP contribution in [0.2, 0.25) is 0 Å². The standard InChI is InChI=1S/C21H17FN2O2/c1-14-9-19-17(20(25)10-14)12-23-24(19)16-7-8-21(18(22)11-16)26-13-15-5-3-2-4-6-15/h2-12,25H,13H2,1H3. The van der Waals surface area contributed by atoms with Gasteiger partial charge in [-0.15, -0.1) is 0 Å². The van der Waals surface area contributed by atoms with Gasteiger partial charge in [-0.05, 0) is 42.3 Å². The quantitative estimate of drug-likeness (QED) is 0.578. The van der Waals surface area contributed by atoms with Gasteiger partial charge in [-0.2, -0.15) is 5.10 Å². The minimum absolute atomic E-state index is 0.162. The number of fused-ring (bicyclic) bond motifs is 1. The normalized spacial score (nSPS) is 11.0. The molecule has 0 aliphatic rings. The number of hydrogen-bond donors (Lipinski definition) is 1. The van der Waals surface area contributed by atoms with Gasteiger partial charge in [-0.3, -0.25) is 0 Å². The zero-order valence-electron chi connectivity index (χ0n) is 14.2. The average Bonchev–Trinajstić information content (AvgIpc) is 3.05. The number of halogens is 1. The topological polar surface area (TPSA) is 47.3 Å². The van der Waals surface area contributed by atoms with Crippen molar-refractivity contribution >= 4 is 10.9 Å². The van der Waals surface area contributed by atoms with Crippen molar-refractivity contribution in [2.75, 3.05) is 0 Å². The number of rotatable bonds is 4. The fraction of sp³-hybridized carbons (Fsp3) is 0.0952. The summed E-state index contributed by atoms with van der Waals surface area (Å²) in [4.78, 5) is 0. The smallest absolute Gasteiger partial charge is 0.167 e. The van der Waals surface area contributed by atoms with Gasteiger partial charge in [0.25, 0.3) is 0 Å². The molecule has 0 aliphatic carbocycles. The lowest BCUT2D eigenvalue weighted by molar-refractivity contribution is 0.290. The van der Waals surface area contributed by atoms with Crippen molar-refractivity contribution in [3.63, 3.8) is 0 Å². The van der Waals surface area contributed by atoms with Gasteiger partial charge in [0.15, 0.2) is 11.6 Å². The lowest BCUT2D eigenvalue weighted by Gasteiger charge is -2.10. The molecule has 0 unspecified atom stereocenters. The number of hydrogen-bond acceptors (Lipinski definition) is 3. The third-order valence-electron chi connectivity index (χ3n) is 4.21. The van der Waals surface area contributed by atoms with Gasteiger partial charge in [-0.25, -0.2) is 9.07 Å². The van der Waals surface area contributed by atoms with E-state index in [4.69, 9.17) is 4.74 Å². The number of aromatic nitrogens is 2. The first kappa shape index (κ1) is 16.1. The third-order valence-corrected chi connectivity index (χ3v) is 4.21. The lowest BCUT2D eigenvalue weighted by Crippen LogP contribution is -2.00. The fourth-order valence-electron chi connectivity index (χ4n) is 2.92. The van der Waals surface area contributed by atoms with E-state index in [1.165, 1.54) is 6.07 Å². The van der Waals surface area contributed by atoms with E-state index in [1.54, 1.807) is 29.1 Å². The molecule has 0 atom stereocenters. The third kappa shape index (κ3) is 2.99. The summed E-state index contributed by atoms with van der Waals surface area (Å²) in [6.45, 7) is 2.19. The summed E-state index contributed by atoms with van der Waals surface area (Å²) in [5.74, 6) is -0.110. The van der Waals surface area contributed by atoms with E-state index in [0.717, 1.165) is 16.6 Å². The molecule has 0 saturated heterocycles. The molecule has 130 valence electrons. The number of aromatic hydroxyl groups is 1. The van der Waals surface area contributed by atoms with Gasteiger partial charge >= 0.3 is 0 Å². The predicted molar refractivity (Wildman–Crippen MR) is 98.2 cm³/mol. The van der Waals surface area contributed by atoms with E-state index in [9.17, 15) is 9.50 Å². The van der Waals surface area contributed by atoms with Crippen LogP contribution >= 0.6 is 0 Å². The molecule has 1 N–H and O–H groups in total. The number of ether oxygens (including phenoxy) is 1. The van der Waals surface area contributed by atoms with E-state index >= 15 is 0 Å². The van der Waals surface area contributed by atoms with Crippen molar-refractivity contribution in [1.29, 1.82) is 0 Å². The summed E-state index contributed by atoms with van der Waals surface area (Å²) in [5.41, 5.74) is 3.16. The molecule has 4 nitrogen and oxygen atoms in total. The van der Waals surface area contributed by atoms with E-state index in [0.29, 0.717) is 17.7 Å². The Morgan fingerprint density at radius 1 is 1.08 bits per heavy atom. The highest BCUT2D eigenvalue weighted by molar-refractivity contribution is 5.86. The molecule has 0 fully saturated rings. The number of phenols is 1. The van der Waals surface area contributed by atoms with Crippen LogP contribution in [0.15, 0.2) is 66.9 Å². The van der Waals surface area contributed by atoms with Crippen LogP contribution in [0.3, 0.4) is 0 Å². The minimum atomic E-state index is -0.459. The number of aryl methyl sites for hydroxylation is 1. The Morgan fingerprint density at radius 3 is 2.65 bits per heavy atom. The van der Waals surface area contributed by atoms with Crippen LogP contribution in [0.4, 0.5) is 4.39 Å². The van der Waals surface area contributed by atoms with Crippen LogP contribution in [0.5, 0.6) is 11.5 Å². The average molecular weight is 348 g/mol. The van der Waals surface area contributed by atoms with E-state index in [2.05, 4.69) is 5.10 Å². The molecular weight excluding hydrogens is 331 g/mol. The SMILES string of the molecule is Cc1cc(O)c2cnn(-c3ccc(OCc4ccccc4)c(F)c3)c2c1. The molecule has 1 heterocycles. The summed E-state index contributed by atoms with van der Waals surface area (Å²) in [6.07, 6.45) is 1.57. The van der Waals surface area contributed by atoms with Gasteiger partial charge in [0.1, 0.15) is 12.4 Å². The van der Waals surface area contributed by atoms with Crippen molar-refractivity contribution < 1.29 is 14.2 Å². The minimum Gasteiger partial charge on any atom is -0.507 e. The zero-order valence-corrected chi connectivity index (χ0v) is 14.2. The maximum Gasteiger partial charge on any atom is 0.167 e. The molecule has 1 aromatic heterocycles. The Hall–Kier alpha value is -3.34. The maximum atomic E-state index is 14.5. The molecule has 0 spiro atoms. The summed E-state index contributed by atoms with van der Waals surface area (Å²) < 4.78 is 21.7. The second-order valence-electron chi connectivity index (χ2n) is 6.16. The first-order valence-corrected chi connectivity index (χ1v) is 8.26. The highest BCUT2D eigenvalue weighted by Crippen LogP contribution is 2.29. The van der Waals surface area contributed by atoms with Crippen molar-refractivity contribution in [2.45, 2.75) is 13.5 Å². The van der Waals surface area contributed by atoms with E-state index in [-0.39, 0.29) is 11.5 Å². The summed E-state index contributed by atoms with van der Waals surface area (Å²) in [6, 6.07) is 17.9. The summed E-state index contributed by atoms with van der Waals surface area (Å²) in [5, 5.41) is 14.9. The van der Waals surface area contributed by atoms with Gasteiger partial charge in [0.2, 0.25) is 0 Å². The molecule has 0 saturated carbocycles. The first-order valence-electron chi connectivity index (χ1n) is 8.26. The van der Waals surface area contributed by atoms with Crippen LogP contribution < -0.4 is 4.74 Å². The van der Waals surface area contributed by atoms with Gasteiger partial charge < -0.3 is 9.84 Å². The Kier molecular flexibility index (Phi) is 4.05. The Labute approximate surface area is 150 Å². The fourth-order valence-corrected chi connectivity index (χ4v) is 2.92. The highest BCUT2D eigenvalue weighted by atomic mass is 19.1. The Balaban J connectivity index is 1.64. The van der Waals surface area contributed by atoms with Crippen LogP contribution in [0.25, 0.3) is 16.6 Å². The van der Waals surface area contributed by atoms with Gasteiger partial charge in [-0.1, -0.05) is 30.3 Å². The number of phenolic OH excluding ortho intramolecular Hbond substituents is 1. The molecule has 0 radical (unpaired) electrons. The Bertz CT molecular complexity index is 1070. The van der Waals surface area contributed by atoms with Gasteiger partial charge in [0, 0.05) is 6.07 Å². The van der Waals surface area contributed by atoms with Crippen LogP contribution in [0, 0.1) is 12.7 Å². The van der Waals surface area contributed by atoms with E-state index < -0.39 is 5.82 Å². The predicted octanol–water partition coefficient (Wildman–Crippen LogP) is 4.76. The number of benzene rings is 3. The largest absolute Gasteiger partial charge is 0.507 e. The zero-order chi connectivity index (χ0) is 18.1. The van der Waals surface area contributed by atoms with Crippen molar-refractivity contribution in [3.8, 4) is 17.2 Å². The molecule has 3 aromatic carbocycles. The highest BCUT2D eigenvalue weighted by Gasteiger charge is 2.12. The van der Waals surface area contributed by atoms with Crippen LogP contribution in [-0.2, 0) is 6.61 Å². The number of nitrogens with zero attached hydrogens (tertiary/aromatic N) is 2. The Morgan fingerprint density at radius 2 is 1.88 bits per heavy atom. The first-order chi connectivity index (χ1) is 12.6. The molecule has 0 amide bonds. The molecule has 0 aliphatic heterocycles. The van der Waals surface area contributed by atoms with Crippen molar-refractivity contribution in [1.82, 2.24) is 9.78 Å². The van der Waals surface area contributed by atoms with Crippen LogP contribution in [-0.4, -0.2) is 14.9 Å². The van der Waals surface area contributed by atoms with Crippen molar-refractivity contribution in [2.24, 2.45) is 0 Å². The monoisotopic (exact) mass is 348 g/mol. The molecular formula is C21H17FN2O2.